The highest BCUT2D eigenvalue weighted by molar-refractivity contribution is 6.11. The molecule has 0 fully saturated rings. The molecule has 9 aromatic carbocycles. The second kappa shape index (κ2) is 21.7. The van der Waals surface area contributed by atoms with Gasteiger partial charge in [0.25, 0.3) is 0 Å². The fourth-order valence-corrected chi connectivity index (χ4v) is 13.1. The van der Waals surface area contributed by atoms with Crippen molar-refractivity contribution in [2.45, 2.75) is 102 Å². The number of anilines is 3. The van der Waals surface area contributed by atoms with Crippen LogP contribution in [0.5, 0.6) is 0 Å². The summed E-state index contributed by atoms with van der Waals surface area (Å²) in [5.74, 6) is 0. The van der Waals surface area contributed by atoms with Crippen molar-refractivity contribution in [1.82, 2.24) is 4.57 Å². The van der Waals surface area contributed by atoms with Crippen LogP contribution in [0, 0.1) is 0 Å². The largest absolute Gasteiger partial charge is 0.310 e. The Bertz CT molecular complexity index is 3890. The molecule has 0 saturated heterocycles. The van der Waals surface area contributed by atoms with Crippen molar-refractivity contribution in [3.63, 3.8) is 0 Å². The molecule has 2 aliphatic rings. The molecule has 386 valence electrons. The van der Waals surface area contributed by atoms with Crippen LogP contribution in [-0.2, 0) is 10.8 Å². The van der Waals surface area contributed by atoms with E-state index in [-0.39, 0.29) is 10.8 Å². The zero-order chi connectivity index (χ0) is 53.2. The van der Waals surface area contributed by atoms with Gasteiger partial charge in [0.05, 0.1) is 11.0 Å². The molecule has 0 amide bonds. The number of hydrogen-bond acceptors (Lipinski definition) is 1. The number of nitrogens with zero attached hydrogens (tertiary/aromatic N) is 2. The second-order valence-corrected chi connectivity index (χ2v) is 22.4. The highest BCUT2D eigenvalue weighted by atomic mass is 15.1. The number of hydrogen-bond donors (Lipinski definition) is 0. The molecular weight excluding hydrogens is 941 g/mol. The monoisotopic (exact) mass is 1010 g/mol. The lowest BCUT2D eigenvalue weighted by atomic mass is 9.70. The van der Waals surface area contributed by atoms with Crippen LogP contribution < -0.4 is 4.90 Å². The molecule has 12 rings (SSSR count). The van der Waals surface area contributed by atoms with Crippen LogP contribution >= 0.6 is 0 Å². The summed E-state index contributed by atoms with van der Waals surface area (Å²) in [6.45, 7) is 15.1. The molecule has 2 aliphatic carbocycles. The van der Waals surface area contributed by atoms with Crippen molar-refractivity contribution in [2.75, 3.05) is 4.90 Å². The summed E-state index contributed by atoms with van der Waals surface area (Å²) in [7, 11) is 0. The molecule has 1 aromatic heterocycles. The quantitative estimate of drug-likeness (QED) is 0.0733. The van der Waals surface area contributed by atoms with Crippen molar-refractivity contribution in [2.24, 2.45) is 0 Å². The van der Waals surface area contributed by atoms with E-state index in [0.717, 1.165) is 36.2 Å². The molecular formula is C76H72N2. The molecule has 78 heavy (non-hydrogen) atoms. The van der Waals surface area contributed by atoms with Crippen molar-refractivity contribution >= 4 is 55.7 Å². The Morgan fingerprint density at radius 3 is 1.77 bits per heavy atom. The van der Waals surface area contributed by atoms with E-state index in [1.54, 1.807) is 0 Å². The molecule has 1 unspecified atom stereocenters. The Labute approximate surface area is 463 Å². The predicted molar refractivity (Wildman–Crippen MR) is 337 cm³/mol. The van der Waals surface area contributed by atoms with Crippen molar-refractivity contribution in [1.29, 1.82) is 0 Å². The summed E-state index contributed by atoms with van der Waals surface area (Å²) >= 11 is 0. The van der Waals surface area contributed by atoms with Gasteiger partial charge in [-0.1, -0.05) is 231 Å². The third-order valence-corrected chi connectivity index (χ3v) is 17.5. The van der Waals surface area contributed by atoms with Gasteiger partial charge in [-0.2, -0.15) is 0 Å². The van der Waals surface area contributed by atoms with Gasteiger partial charge in [0, 0.05) is 44.4 Å². The third kappa shape index (κ3) is 9.36. The zero-order valence-corrected chi connectivity index (χ0v) is 45.9. The van der Waals surface area contributed by atoms with Gasteiger partial charge >= 0.3 is 0 Å². The maximum atomic E-state index is 4.06. The van der Waals surface area contributed by atoms with Gasteiger partial charge in [-0.05, 0) is 170 Å². The summed E-state index contributed by atoms with van der Waals surface area (Å²) in [4.78, 5) is 2.48. The van der Waals surface area contributed by atoms with Gasteiger partial charge in [0.1, 0.15) is 0 Å². The van der Waals surface area contributed by atoms with Crippen molar-refractivity contribution < 1.29 is 0 Å². The number of allylic oxidation sites excluding steroid dienone is 5. The summed E-state index contributed by atoms with van der Waals surface area (Å²) in [6, 6.07) is 73.8. The van der Waals surface area contributed by atoms with Crippen molar-refractivity contribution in [3.05, 3.63) is 259 Å². The van der Waals surface area contributed by atoms with Crippen LogP contribution in [0.2, 0.25) is 0 Å². The van der Waals surface area contributed by atoms with Gasteiger partial charge < -0.3 is 9.47 Å². The molecule has 1 atom stereocenters. The summed E-state index contributed by atoms with van der Waals surface area (Å²) in [5.41, 5.74) is 21.2. The van der Waals surface area contributed by atoms with Crippen LogP contribution in [-0.4, -0.2) is 4.57 Å². The molecule has 1 heterocycles. The predicted octanol–water partition coefficient (Wildman–Crippen LogP) is 21.9. The van der Waals surface area contributed by atoms with Crippen LogP contribution in [0.4, 0.5) is 17.1 Å². The number of aromatic nitrogens is 1. The van der Waals surface area contributed by atoms with E-state index in [9.17, 15) is 0 Å². The minimum absolute atomic E-state index is 0.127. The molecule has 0 bridgehead atoms. The van der Waals surface area contributed by atoms with E-state index < -0.39 is 0 Å². The zero-order valence-electron chi connectivity index (χ0n) is 45.9. The van der Waals surface area contributed by atoms with Crippen LogP contribution in [0.1, 0.15) is 114 Å². The fraction of sp³-hybridized carbons (Fsp3) is 0.211. The van der Waals surface area contributed by atoms with Gasteiger partial charge in [-0.25, -0.2) is 0 Å². The summed E-state index contributed by atoms with van der Waals surface area (Å²) in [6.07, 6.45) is 23.8. The highest BCUT2D eigenvalue weighted by Gasteiger charge is 2.43. The smallest absolute Gasteiger partial charge is 0.0541 e. The molecule has 10 aromatic rings. The molecule has 0 aliphatic heterocycles. The van der Waals surface area contributed by atoms with Crippen LogP contribution in [0.3, 0.4) is 0 Å². The maximum absolute atomic E-state index is 4.06. The lowest BCUT2D eigenvalue weighted by Gasteiger charge is -2.34. The molecule has 0 spiro atoms. The lowest BCUT2D eigenvalue weighted by Crippen LogP contribution is -2.26. The standard InChI is InChI=1S/C76H72N2/c1-6-10-12-19-45-76(46-20-13-11-7-2)71-52-65(77(63-23-15-14-16-24-63)64-35-31-58(32-36-64)60-30-29-56-21-17-18-22-59(56)49-60)37-39-67(71)68-40-38-66(53-72(68)76)78-73-41-33-61(57-27-25-54(8-3)26-28-57)50-69(73)70-51-62(34-42-74(70)78)75(5)47-43-55(9-4)44-48-75/h8-9,14-18,21-44,47,49-53H,3-4,6-7,10-13,19-20,45-46,48H2,1-2,5H3. The number of rotatable bonds is 19. The molecule has 2 heteroatoms. The summed E-state index contributed by atoms with van der Waals surface area (Å²) in [5, 5.41) is 5.08. The minimum atomic E-state index is -0.156. The van der Waals surface area contributed by atoms with E-state index in [1.807, 2.05) is 12.2 Å². The normalized spacial score (nSPS) is 15.3. The van der Waals surface area contributed by atoms with E-state index in [4.69, 9.17) is 0 Å². The van der Waals surface area contributed by atoms with E-state index in [2.05, 4.69) is 256 Å². The highest BCUT2D eigenvalue weighted by Crippen LogP contribution is 2.56. The first kappa shape index (κ1) is 50.6. The van der Waals surface area contributed by atoms with Gasteiger partial charge in [0.2, 0.25) is 0 Å². The van der Waals surface area contributed by atoms with Crippen LogP contribution in [0.25, 0.3) is 77.7 Å². The van der Waals surface area contributed by atoms with Crippen molar-refractivity contribution in [3.8, 4) is 39.1 Å². The van der Waals surface area contributed by atoms with Crippen LogP contribution in [0.15, 0.2) is 237 Å². The van der Waals surface area contributed by atoms with Gasteiger partial charge in [0.15, 0.2) is 0 Å². The molecule has 2 nitrogen and oxygen atoms in total. The SMILES string of the molecule is C=CC1=CCC(C)(c2ccc3c(c2)c2cc(-c4ccc(C=C)cc4)ccc2n3-c2ccc3c(c2)C(CCCCCC)(CCCCCC)c2cc(N(c4ccccc4)c4ccc(-c5ccc6ccccc6c5)cc4)ccc2-3)C=C1. The Morgan fingerprint density at radius 1 is 0.500 bits per heavy atom. The maximum Gasteiger partial charge on any atom is 0.0541 e. The van der Waals surface area contributed by atoms with Gasteiger partial charge in [-0.3, -0.25) is 0 Å². The van der Waals surface area contributed by atoms with E-state index in [0.29, 0.717) is 0 Å². The molecule has 0 saturated carbocycles. The lowest BCUT2D eigenvalue weighted by molar-refractivity contribution is 0.401. The molecule has 0 N–H and O–H groups in total. The average Bonchev–Trinajstić information content (AvgIpc) is 3.98. The third-order valence-electron chi connectivity index (χ3n) is 17.5. The Kier molecular flexibility index (Phi) is 14.1. The first-order chi connectivity index (χ1) is 38.3. The first-order valence-electron chi connectivity index (χ1n) is 28.9. The van der Waals surface area contributed by atoms with Gasteiger partial charge in [-0.15, -0.1) is 0 Å². The Hall–Kier alpha value is -8.20. The topological polar surface area (TPSA) is 8.17 Å². The molecule has 0 radical (unpaired) electrons. The second-order valence-electron chi connectivity index (χ2n) is 22.4. The fourth-order valence-electron chi connectivity index (χ4n) is 13.1. The number of unbranched alkanes of at least 4 members (excludes halogenated alkanes) is 6. The Morgan fingerprint density at radius 2 is 1.09 bits per heavy atom. The number of fused-ring (bicyclic) bond motifs is 7. The Balaban J connectivity index is 1.01. The first-order valence-corrected chi connectivity index (χ1v) is 28.9. The number of benzene rings is 9. The summed E-state index contributed by atoms with van der Waals surface area (Å²) < 4.78 is 2.57. The van der Waals surface area contributed by atoms with E-state index >= 15 is 0 Å². The number of para-hydroxylation sites is 1. The van der Waals surface area contributed by atoms with E-state index in [1.165, 1.54) is 151 Å². The average molecular weight is 1010 g/mol. The minimum Gasteiger partial charge on any atom is -0.310 e.